The Morgan fingerprint density at radius 3 is 2.54 bits per heavy atom. The zero-order valence-electron chi connectivity index (χ0n) is 6.64. The fourth-order valence-corrected chi connectivity index (χ4v) is 1.23. The topological polar surface area (TPSA) is 44.1 Å². The maximum absolute atomic E-state index is 11.9. The number of carbonyl (C=O) groups is 1. The molecule has 0 aromatic carbocycles. The van der Waals surface area contributed by atoms with E-state index in [1.165, 1.54) is 0 Å². The number of nitriles is 1. The summed E-state index contributed by atoms with van der Waals surface area (Å²) in [5.41, 5.74) is 0. The largest absolute Gasteiger partial charge is 0.471 e. The van der Waals surface area contributed by atoms with Gasteiger partial charge in [0.25, 0.3) is 0 Å². The van der Waals surface area contributed by atoms with Crippen molar-refractivity contribution in [3.8, 4) is 6.07 Å². The quantitative estimate of drug-likeness (QED) is 0.572. The van der Waals surface area contributed by atoms with Crippen molar-refractivity contribution >= 4 is 5.91 Å². The molecule has 1 heterocycles. The van der Waals surface area contributed by atoms with E-state index in [4.69, 9.17) is 5.26 Å². The highest BCUT2D eigenvalue weighted by Crippen LogP contribution is 2.23. The molecule has 1 amide bonds. The Morgan fingerprint density at radius 1 is 1.54 bits per heavy atom. The van der Waals surface area contributed by atoms with E-state index in [9.17, 15) is 18.0 Å². The molecule has 6 heteroatoms. The Labute approximate surface area is 72.7 Å². The number of amides is 1. The van der Waals surface area contributed by atoms with E-state index in [1.54, 1.807) is 0 Å². The molecule has 1 aliphatic heterocycles. The summed E-state index contributed by atoms with van der Waals surface area (Å²) in [7, 11) is 0. The molecule has 1 saturated heterocycles. The van der Waals surface area contributed by atoms with Gasteiger partial charge >= 0.3 is 12.1 Å². The summed E-state index contributed by atoms with van der Waals surface area (Å²) < 4.78 is 35.6. The number of alkyl halides is 3. The first-order valence-electron chi connectivity index (χ1n) is 3.71. The third-order valence-corrected chi connectivity index (χ3v) is 1.90. The number of nitrogens with zero attached hydrogens (tertiary/aromatic N) is 2. The molecule has 0 N–H and O–H groups in total. The lowest BCUT2D eigenvalue weighted by Gasteiger charge is -2.16. The van der Waals surface area contributed by atoms with Gasteiger partial charge in [-0.05, 0) is 6.42 Å². The summed E-state index contributed by atoms with van der Waals surface area (Å²) in [6, 6.07) is 1.84. The highest BCUT2D eigenvalue weighted by molar-refractivity contribution is 5.82. The van der Waals surface area contributed by atoms with Gasteiger partial charge in [0.15, 0.2) is 0 Å². The zero-order valence-corrected chi connectivity index (χ0v) is 6.64. The molecule has 13 heavy (non-hydrogen) atoms. The summed E-state index contributed by atoms with van der Waals surface area (Å²) in [4.78, 5) is 11.3. The Bertz CT molecular complexity index is 255. The number of halogens is 3. The molecule has 72 valence electrons. The molecule has 0 aliphatic carbocycles. The van der Waals surface area contributed by atoms with Gasteiger partial charge in [0.05, 0.1) is 12.0 Å². The lowest BCUT2D eigenvalue weighted by atomic mass is 10.1. The molecule has 0 radical (unpaired) electrons. The van der Waals surface area contributed by atoms with Gasteiger partial charge in [-0.2, -0.15) is 18.4 Å². The van der Waals surface area contributed by atoms with Crippen LogP contribution >= 0.6 is 0 Å². The van der Waals surface area contributed by atoms with Crippen molar-refractivity contribution in [2.75, 3.05) is 13.1 Å². The third kappa shape index (κ3) is 2.11. The Balaban J connectivity index is 2.58. The minimum absolute atomic E-state index is 0.0244. The van der Waals surface area contributed by atoms with E-state index >= 15 is 0 Å². The van der Waals surface area contributed by atoms with E-state index < -0.39 is 18.0 Å². The second-order valence-corrected chi connectivity index (χ2v) is 2.86. The van der Waals surface area contributed by atoms with Crippen LogP contribution in [0.1, 0.15) is 6.42 Å². The van der Waals surface area contributed by atoms with Crippen molar-refractivity contribution in [1.82, 2.24) is 4.90 Å². The molecule has 0 bridgehead atoms. The Kier molecular flexibility index (Phi) is 2.45. The molecule has 0 saturated carbocycles. The second kappa shape index (κ2) is 3.24. The predicted octanol–water partition coefficient (Wildman–Crippen LogP) is 0.921. The number of hydrogen-bond acceptors (Lipinski definition) is 2. The molecule has 1 atom stereocenters. The van der Waals surface area contributed by atoms with Crippen LogP contribution in [0.2, 0.25) is 0 Å². The second-order valence-electron chi connectivity index (χ2n) is 2.86. The molecule has 0 aromatic heterocycles. The molecular formula is C7H7F3N2O. The van der Waals surface area contributed by atoms with E-state index in [0.717, 1.165) is 0 Å². The number of hydrogen-bond donors (Lipinski definition) is 0. The summed E-state index contributed by atoms with van der Waals surface area (Å²) in [5, 5.41) is 8.40. The van der Waals surface area contributed by atoms with Gasteiger partial charge in [-0.3, -0.25) is 4.79 Å². The first-order valence-corrected chi connectivity index (χ1v) is 3.71. The van der Waals surface area contributed by atoms with Gasteiger partial charge in [0.2, 0.25) is 0 Å². The molecular weight excluding hydrogens is 185 g/mol. The molecule has 0 unspecified atom stereocenters. The number of likely N-dealkylation sites (tertiary alicyclic amines) is 1. The minimum atomic E-state index is -4.82. The van der Waals surface area contributed by atoms with Gasteiger partial charge in [0.1, 0.15) is 0 Å². The molecule has 1 fully saturated rings. The van der Waals surface area contributed by atoms with E-state index in [1.807, 2.05) is 6.07 Å². The van der Waals surface area contributed by atoms with Crippen molar-refractivity contribution in [3.63, 3.8) is 0 Å². The molecule has 3 nitrogen and oxygen atoms in total. The maximum atomic E-state index is 11.9. The van der Waals surface area contributed by atoms with Crippen LogP contribution in [0.3, 0.4) is 0 Å². The number of rotatable bonds is 0. The summed E-state index contributed by atoms with van der Waals surface area (Å²) in [6.07, 6.45) is -4.48. The van der Waals surface area contributed by atoms with Gasteiger partial charge in [-0.25, -0.2) is 0 Å². The van der Waals surface area contributed by atoms with E-state index in [2.05, 4.69) is 0 Å². The normalized spacial score (nSPS) is 22.9. The van der Waals surface area contributed by atoms with Gasteiger partial charge < -0.3 is 4.90 Å². The van der Waals surface area contributed by atoms with Gasteiger partial charge in [0, 0.05) is 13.1 Å². The van der Waals surface area contributed by atoms with Crippen molar-refractivity contribution in [2.24, 2.45) is 5.92 Å². The van der Waals surface area contributed by atoms with Crippen LogP contribution in [0.4, 0.5) is 13.2 Å². The van der Waals surface area contributed by atoms with Crippen LogP contribution < -0.4 is 0 Å². The average Bonchev–Trinajstić information content (AvgIpc) is 2.48. The van der Waals surface area contributed by atoms with Crippen LogP contribution in [-0.4, -0.2) is 30.1 Å². The Morgan fingerprint density at radius 2 is 2.15 bits per heavy atom. The van der Waals surface area contributed by atoms with Gasteiger partial charge in [-0.1, -0.05) is 0 Å². The van der Waals surface area contributed by atoms with Crippen LogP contribution in [-0.2, 0) is 4.79 Å². The van der Waals surface area contributed by atoms with Crippen molar-refractivity contribution < 1.29 is 18.0 Å². The first kappa shape index (κ1) is 9.84. The summed E-state index contributed by atoms with van der Waals surface area (Å²) in [5.74, 6) is -2.29. The van der Waals surface area contributed by atoms with Crippen molar-refractivity contribution in [2.45, 2.75) is 12.6 Å². The minimum Gasteiger partial charge on any atom is -0.334 e. The van der Waals surface area contributed by atoms with Crippen molar-refractivity contribution in [3.05, 3.63) is 0 Å². The SMILES string of the molecule is N#C[C@H]1CCN(C(=O)C(F)(F)F)C1. The lowest BCUT2D eigenvalue weighted by Crippen LogP contribution is -2.39. The van der Waals surface area contributed by atoms with Gasteiger partial charge in [-0.15, -0.1) is 0 Å². The lowest BCUT2D eigenvalue weighted by molar-refractivity contribution is -0.184. The third-order valence-electron chi connectivity index (χ3n) is 1.90. The highest BCUT2D eigenvalue weighted by Gasteiger charge is 2.44. The highest BCUT2D eigenvalue weighted by atomic mass is 19.4. The predicted molar refractivity (Wildman–Crippen MR) is 36.4 cm³/mol. The van der Waals surface area contributed by atoms with E-state index in [-0.39, 0.29) is 13.1 Å². The van der Waals surface area contributed by atoms with Crippen LogP contribution in [0.15, 0.2) is 0 Å². The maximum Gasteiger partial charge on any atom is 0.471 e. The smallest absolute Gasteiger partial charge is 0.334 e. The zero-order chi connectivity index (χ0) is 10.1. The fraction of sp³-hybridized carbons (Fsp3) is 0.714. The average molecular weight is 192 g/mol. The van der Waals surface area contributed by atoms with Crippen molar-refractivity contribution in [1.29, 1.82) is 5.26 Å². The van der Waals surface area contributed by atoms with Crippen LogP contribution in [0, 0.1) is 17.2 Å². The van der Waals surface area contributed by atoms with Crippen LogP contribution in [0.5, 0.6) is 0 Å². The van der Waals surface area contributed by atoms with E-state index in [0.29, 0.717) is 11.3 Å². The molecule has 1 rings (SSSR count). The Hall–Kier alpha value is -1.25. The molecule has 0 aromatic rings. The molecule has 1 aliphatic rings. The summed E-state index contributed by atoms with van der Waals surface area (Å²) >= 11 is 0. The molecule has 0 spiro atoms. The monoisotopic (exact) mass is 192 g/mol. The fourth-order valence-electron chi connectivity index (χ4n) is 1.23. The number of carbonyl (C=O) groups excluding carboxylic acids is 1. The summed E-state index contributed by atoms with van der Waals surface area (Å²) in [6.45, 7) is -0.0780. The standard InChI is InChI=1S/C7H7F3N2O/c8-7(9,10)6(13)12-2-1-5(3-11)4-12/h5H,1-2,4H2/t5-/m1/s1. The first-order chi connectivity index (χ1) is 5.95. The van der Waals surface area contributed by atoms with Crippen LogP contribution in [0.25, 0.3) is 0 Å².